The van der Waals surface area contributed by atoms with E-state index in [2.05, 4.69) is 15.0 Å². The quantitative estimate of drug-likeness (QED) is 0.653. The van der Waals surface area contributed by atoms with Gasteiger partial charge in [-0.1, -0.05) is 0 Å². The molecule has 1 unspecified atom stereocenters. The summed E-state index contributed by atoms with van der Waals surface area (Å²) in [7, 11) is 3.02. The second kappa shape index (κ2) is 7.13. The van der Waals surface area contributed by atoms with Gasteiger partial charge >= 0.3 is 6.03 Å². The first-order chi connectivity index (χ1) is 12.6. The highest BCUT2D eigenvalue weighted by molar-refractivity contribution is 5.91. The molecule has 0 aromatic carbocycles. The van der Waals surface area contributed by atoms with Crippen LogP contribution in [0.3, 0.4) is 0 Å². The highest BCUT2D eigenvalue weighted by atomic mass is 16.7. The van der Waals surface area contributed by atoms with E-state index in [1.165, 1.54) is 26.6 Å². The topological polar surface area (TPSA) is 124 Å². The Kier molecular flexibility index (Phi) is 4.90. The summed E-state index contributed by atoms with van der Waals surface area (Å²) < 4.78 is 10.2. The monoisotopic (exact) mass is 355 g/mol. The number of amides is 2. The third-order valence-electron chi connectivity index (χ3n) is 4.47. The number of nitrogens with zero attached hydrogens (tertiary/aromatic N) is 5. The van der Waals surface area contributed by atoms with Gasteiger partial charge in [-0.2, -0.15) is 15.2 Å². The molecule has 0 radical (unpaired) electrons. The number of primary amides is 1. The molecule has 1 atom stereocenters. The zero-order valence-corrected chi connectivity index (χ0v) is 14.5. The molecular weight excluding hydrogens is 336 g/mol. The number of hydrogen-bond donors (Lipinski definition) is 1. The van der Waals surface area contributed by atoms with E-state index in [0.29, 0.717) is 23.9 Å². The van der Waals surface area contributed by atoms with Crippen molar-refractivity contribution in [3.63, 3.8) is 0 Å². The second-order valence-electron chi connectivity index (χ2n) is 5.87. The minimum absolute atomic E-state index is 0.161. The molecule has 0 saturated carbocycles. The van der Waals surface area contributed by atoms with Crippen LogP contribution in [-0.4, -0.2) is 41.7 Å². The molecule has 9 heteroatoms. The number of hydrogen-bond acceptors (Lipinski definition) is 7. The number of aryl methyl sites for hydroxylation is 1. The summed E-state index contributed by atoms with van der Waals surface area (Å²) in [4.78, 5) is 25.5. The standard InChI is InChI=1S/C17H18N6O3/c1-25-16(26-2)13-6-5-11-4-3-7-23(17(19)24,15(11)22-13)14-10-20-12(8-18)9-21-14/h5-6,9-10,16H,3-4,7H2,1-2H3,(H-,19,24)/p+1. The van der Waals surface area contributed by atoms with E-state index < -0.39 is 12.3 Å². The normalized spacial score (nSPS) is 19.0. The lowest BCUT2D eigenvalue weighted by Crippen LogP contribution is -2.56. The molecular formula is C17H19N6O3+. The van der Waals surface area contributed by atoms with Crippen LogP contribution >= 0.6 is 0 Å². The molecule has 2 aromatic rings. The Morgan fingerprint density at radius 2 is 2.08 bits per heavy atom. The molecule has 26 heavy (non-hydrogen) atoms. The van der Waals surface area contributed by atoms with Crippen LogP contribution in [-0.2, 0) is 15.9 Å². The van der Waals surface area contributed by atoms with Crippen LogP contribution in [0.4, 0.5) is 16.4 Å². The molecule has 1 aliphatic heterocycles. The number of urea groups is 1. The van der Waals surface area contributed by atoms with Crippen molar-refractivity contribution in [2.24, 2.45) is 5.73 Å². The van der Waals surface area contributed by atoms with Gasteiger partial charge in [-0.25, -0.2) is 9.78 Å². The SMILES string of the molecule is COC(OC)c1ccc2c(n1)[N+](C(N)=O)(c1cnc(C#N)cn1)CCC2. The highest BCUT2D eigenvalue weighted by Crippen LogP contribution is 2.39. The molecule has 9 nitrogen and oxygen atoms in total. The van der Waals surface area contributed by atoms with Crippen LogP contribution < -0.4 is 10.2 Å². The van der Waals surface area contributed by atoms with Crippen molar-refractivity contribution in [1.29, 1.82) is 5.26 Å². The Labute approximate surface area is 150 Å². The first kappa shape index (κ1) is 17.9. The summed E-state index contributed by atoms with van der Waals surface area (Å²) in [5.74, 6) is 0.813. The van der Waals surface area contributed by atoms with Gasteiger partial charge < -0.3 is 15.2 Å². The molecule has 0 spiro atoms. The molecule has 134 valence electrons. The number of nitrogens with two attached hydrogens (primary N) is 1. The van der Waals surface area contributed by atoms with Gasteiger partial charge in [0, 0.05) is 26.2 Å². The van der Waals surface area contributed by atoms with E-state index in [4.69, 9.17) is 20.5 Å². The molecule has 3 rings (SSSR count). The van der Waals surface area contributed by atoms with Gasteiger partial charge in [-0.05, 0) is 18.6 Å². The molecule has 2 amide bonds. The van der Waals surface area contributed by atoms with Crippen LogP contribution in [0.5, 0.6) is 0 Å². The van der Waals surface area contributed by atoms with Gasteiger partial charge in [-0.3, -0.25) is 0 Å². The maximum atomic E-state index is 12.6. The van der Waals surface area contributed by atoms with Crippen molar-refractivity contribution in [3.05, 3.63) is 41.5 Å². The van der Waals surface area contributed by atoms with Crippen molar-refractivity contribution in [3.8, 4) is 6.07 Å². The van der Waals surface area contributed by atoms with Gasteiger partial charge in [0.15, 0.2) is 5.69 Å². The van der Waals surface area contributed by atoms with Gasteiger partial charge in [0.2, 0.25) is 12.1 Å². The van der Waals surface area contributed by atoms with Crippen molar-refractivity contribution in [2.75, 3.05) is 20.8 Å². The average Bonchev–Trinajstić information content (AvgIpc) is 2.68. The molecule has 3 heterocycles. The lowest BCUT2D eigenvalue weighted by atomic mass is 10.0. The third kappa shape index (κ3) is 2.80. The van der Waals surface area contributed by atoms with Crippen LogP contribution in [0.2, 0.25) is 0 Å². The summed E-state index contributed by atoms with van der Waals surface area (Å²) in [6.07, 6.45) is 3.56. The van der Waals surface area contributed by atoms with E-state index in [-0.39, 0.29) is 10.2 Å². The number of nitriles is 1. The Morgan fingerprint density at radius 1 is 1.31 bits per heavy atom. The van der Waals surface area contributed by atoms with Crippen LogP contribution in [0.25, 0.3) is 0 Å². The predicted molar refractivity (Wildman–Crippen MR) is 92.0 cm³/mol. The van der Waals surface area contributed by atoms with E-state index in [9.17, 15) is 4.79 Å². The highest BCUT2D eigenvalue weighted by Gasteiger charge is 2.47. The van der Waals surface area contributed by atoms with E-state index >= 15 is 0 Å². The Balaban J connectivity index is 2.20. The molecule has 2 aromatic heterocycles. The van der Waals surface area contributed by atoms with Crippen LogP contribution in [0, 0.1) is 11.3 Å². The minimum Gasteiger partial charge on any atom is -0.350 e. The number of carbonyl (C=O) groups excluding carboxylic acids is 1. The maximum absolute atomic E-state index is 12.6. The fourth-order valence-electron chi connectivity index (χ4n) is 3.23. The predicted octanol–water partition coefficient (Wildman–Crippen LogP) is 1.70. The molecule has 0 aliphatic carbocycles. The number of quaternary nitrogens is 1. The molecule has 0 saturated heterocycles. The van der Waals surface area contributed by atoms with Gasteiger partial charge in [-0.15, -0.1) is 4.48 Å². The Morgan fingerprint density at radius 3 is 2.65 bits per heavy atom. The number of aromatic nitrogens is 3. The van der Waals surface area contributed by atoms with Gasteiger partial charge in [0.1, 0.15) is 24.5 Å². The zero-order chi connectivity index (χ0) is 18.7. The molecule has 0 fully saturated rings. The number of fused-ring (bicyclic) bond motifs is 1. The number of methoxy groups -OCH3 is 2. The fraction of sp³-hybridized carbons (Fsp3) is 0.353. The molecule has 2 N–H and O–H groups in total. The Bertz CT molecular complexity index is 860. The summed E-state index contributed by atoms with van der Waals surface area (Å²) in [6, 6.07) is 5.01. The lowest BCUT2D eigenvalue weighted by molar-refractivity contribution is -0.108. The molecule has 0 bridgehead atoms. The fourth-order valence-corrected chi connectivity index (χ4v) is 3.23. The number of carbonyl (C=O) groups is 1. The summed E-state index contributed by atoms with van der Waals surface area (Å²) in [5, 5.41) is 8.93. The van der Waals surface area contributed by atoms with Crippen LogP contribution in [0.1, 0.15) is 29.7 Å². The van der Waals surface area contributed by atoms with Crippen molar-refractivity contribution >= 4 is 17.7 Å². The van der Waals surface area contributed by atoms with E-state index in [0.717, 1.165) is 18.4 Å². The maximum Gasteiger partial charge on any atom is 0.426 e. The first-order valence-electron chi connectivity index (χ1n) is 8.03. The van der Waals surface area contributed by atoms with E-state index in [1.807, 2.05) is 18.2 Å². The smallest absolute Gasteiger partial charge is 0.350 e. The van der Waals surface area contributed by atoms with Crippen molar-refractivity contribution in [2.45, 2.75) is 19.1 Å². The van der Waals surface area contributed by atoms with Crippen LogP contribution in [0.15, 0.2) is 24.5 Å². The van der Waals surface area contributed by atoms with Crippen molar-refractivity contribution < 1.29 is 14.3 Å². The summed E-state index contributed by atoms with van der Waals surface area (Å²) >= 11 is 0. The van der Waals surface area contributed by atoms with Gasteiger partial charge in [0.25, 0.3) is 5.82 Å². The van der Waals surface area contributed by atoms with Crippen molar-refractivity contribution in [1.82, 2.24) is 19.4 Å². The zero-order valence-electron chi connectivity index (χ0n) is 14.5. The first-order valence-corrected chi connectivity index (χ1v) is 8.03. The largest absolute Gasteiger partial charge is 0.426 e. The average molecular weight is 355 g/mol. The summed E-state index contributed by atoms with van der Waals surface area (Å²) in [5.41, 5.74) is 7.40. The number of ether oxygens (including phenoxy) is 2. The number of rotatable bonds is 4. The minimum atomic E-state index is -0.663. The third-order valence-corrected chi connectivity index (χ3v) is 4.47. The van der Waals surface area contributed by atoms with E-state index in [1.54, 1.807) is 0 Å². The summed E-state index contributed by atoms with van der Waals surface area (Å²) in [6.45, 7) is 0.407. The Hall–Kier alpha value is -2.93. The molecule has 1 aliphatic rings. The lowest BCUT2D eigenvalue weighted by Gasteiger charge is -2.35. The second-order valence-corrected chi connectivity index (χ2v) is 5.87. The van der Waals surface area contributed by atoms with Gasteiger partial charge in [0.05, 0.1) is 6.20 Å². The number of pyridine rings is 1.